The van der Waals surface area contributed by atoms with Crippen molar-refractivity contribution in [2.75, 3.05) is 23.7 Å². The summed E-state index contributed by atoms with van der Waals surface area (Å²) in [6, 6.07) is 4.65. The molecule has 1 aliphatic rings. The molecule has 0 aliphatic carbocycles. The van der Waals surface area contributed by atoms with Crippen LogP contribution < -0.4 is 16.0 Å². The van der Waals surface area contributed by atoms with E-state index in [1.165, 1.54) is 12.1 Å². The van der Waals surface area contributed by atoms with Crippen LogP contribution in [-0.2, 0) is 4.79 Å². The van der Waals surface area contributed by atoms with Gasteiger partial charge in [-0.3, -0.25) is 4.79 Å². The lowest BCUT2D eigenvalue weighted by atomic mass is 9.84. The van der Waals surface area contributed by atoms with Crippen LogP contribution in [0.1, 0.15) is 40.0 Å². The summed E-state index contributed by atoms with van der Waals surface area (Å²) in [6.45, 7) is 8.21. The third kappa shape index (κ3) is 7.80. The fourth-order valence-electron chi connectivity index (χ4n) is 3.13. The molecule has 0 bridgehead atoms. The van der Waals surface area contributed by atoms with Gasteiger partial charge >= 0.3 is 0 Å². The summed E-state index contributed by atoms with van der Waals surface area (Å²) in [5, 5.41) is 9.45. The summed E-state index contributed by atoms with van der Waals surface area (Å²) in [7, 11) is 0. The maximum Gasteiger partial charge on any atom is 0.224 e. The highest BCUT2D eigenvalue weighted by Gasteiger charge is 2.22. The van der Waals surface area contributed by atoms with Crippen LogP contribution >= 0.6 is 24.8 Å². The number of halogens is 3. The Morgan fingerprint density at radius 3 is 2.44 bits per heavy atom. The van der Waals surface area contributed by atoms with Gasteiger partial charge in [-0.2, -0.15) is 0 Å². The predicted octanol–water partition coefficient (Wildman–Crippen LogP) is 4.45. The van der Waals surface area contributed by atoms with Crippen molar-refractivity contribution in [2.24, 2.45) is 11.8 Å². The van der Waals surface area contributed by atoms with Gasteiger partial charge in [-0.1, -0.05) is 6.92 Å². The molecule has 1 atom stereocenters. The van der Waals surface area contributed by atoms with Crippen molar-refractivity contribution >= 4 is 42.1 Å². The molecule has 1 amide bonds. The number of piperidine rings is 1. The molecule has 1 aromatic carbocycles. The molecule has 1 fully saturated rings. The molecule has 4 nitrogen and oxygen atoms in total. The van der Waals surface area contributed by atoms with Gasteiger partial charge in [0.1, 0.15) is 5.82 Å². The molecular weight excluding hydrogens is 364 g/mol. The first-order valence-corrected chi connectivity index (χ1v) is 8.52. The largest absolute Gasteiger partial charge is 0.381 e. The first-order chi connectivity index (χ1) is 11.0. The van der Waals surface area contributed by atoms with E-state index in [2.05, 4.69) is 22.9 Å². The minimum absolute atomic E-state index is 0. The fraction of sp³-hybridized carbons (Fsp3) is 0.611. The van der Waals surface area contributed by atoms with Gasteiger partial charge in [0.25, 0.3) is 0 Å². The van der Waals surface area contributed by atoms with Crippen LogP contribution in [0.4, 0.5) is 15.8 Å². The van der Waals surface area contributed by atoms with Gasteiger partial charge in [0.15, 0.2) is 0 Å². The van der Waals surface area contributed by atoms with Gasteiger partial charge in [-0.15, -0.1) is 24.8 Å². The minimum Gasteiger partial charge on any atom is -0.381 e. The van der Waals surface area contributed by atoms with Gasteiger partial charge in [-0.05, 0) is 69.8 Å². The predicted molar refractivity (Wildman–Crippen MR) is 108 cm³/mol. The number of carbonyl (C=O) groups excluding carboxylic acids is 1. The van der Waals surface area contributed by atoms with Crippen molar-refractivity contribution in [3.8, 4) is 0 Å². The molecule has 0 saturated carbocycles. The normalized spacial score (nSPS) is 15.7. The summed E-state index contributed by atoms with van der Waals surface area (Å²) in [5.41, 5.74) is 1.27. The zero-order valence-corrected chi connectivity index (χ0v) is 16.7. The summed E-state index contributed by atoms with van der Waals surface area (Å²) in [5.74, 6) is 0.532. The number of nitrogens with one attached hydrogen (secondary N) is 3. The Kier molecular flexibility index (Phi) is 11.1. The van der Waals surface area contributed by atoms with E-state index in [4.69, 9.17) is 0 Å². The van der Waals surface area contributed by atoms with Crippen LogP contribution in [0.25, 0.3) is 0 Å². The van der Waals surface area contributed by atoms with Crippen molar-refractivity contribution in [2.45, 2.75) is 46.1 Å². The van der Waals surface area contributed by atoms with Gasteiger partial charge in [-0.25, -0.2) is 4.39 Å². The van der Waals surface area contributed by atoms with Crippen LogP contribution in [0.5, 0.6) is 0 Å². The second-order valence-electron chi connectivity index (χ2n) is 6.81. The second-order valence-corrected chi connectivity index (χ2v) is 6.81. The third-order valence-electron chi connectivity index (χ3n) is 4.40. The number of hydrogen-bond acceptors (Lipinski definition) is 3. The van der Waals surface area contributed by atoms with Gasteiger partial charge in [0, 0.05) is 12.5 Å². The summed E-state index contributed by atoms with van der Waals surface area (Å²) < 4.78 is 13.5. The van der Waals surface area contributed by atoms with Gasteiger partial charge < -0.3 is 16.0 Å². The second kappa shape index (κ2) is 11.6. The Bertz CT molecular complexity index is 537. The van der Waals surface area contributed by atoms with Crippen molar-refractivity contribution in [3.63, 3.8) is 0 Å². The Morgan fingerprint density at radius 2 is 1.84 bits per heavy atom. The third-order valence-corrected chi connectivity index (χ3v) is 4.40. The van der Waals surface area contributed by atoms with E-state index in [0.717, 1.165) is 31.6 Å². The topological polar surface area (TPSA) is 53.2 Å². The van der Waals surface area contributed by atoms with E-state index in [1.807, 2.05) is 13.8 Å². The number of hydrogen-bond donors (Lipinski definition) is 3. The van der Waals surface area contributed by atoms with Crippen LogP contribution in [0, 0.1) is 17.7 Å². The number of benzene rings is 1. The molecule has 1 unspecified atom stereocenters. The van der Waals surface area contributed by atoms with Gasteiger partial charge in [0.2, 0.25) is 5.91 Å². The van der Waals surface area contributed by atoms with E-state index in [1.54, 1.807) is 6.07 Å². The first-order valence-electron chi connectivity index (χ1n) is 8.52. The molecule has 7 heteroatoms. The molecule has 1 aromatic rings. The van der Waals surface area contributed by atoms with Crippen LogP contribution in [0.2, 0.25) is 0 Å². The molecule has 2 rings (SSSR count). The lowest BCUT2D eigenvalue weighted by Crippen LogP contribution is -2.32. The van der Waals surface area contributed by atoms with E-state index < -0.39 is 0 Å². The SMILES string of the molecule is CC(C)Nc1ccc(F)cc1NC(=O)CC(C)C1CCNCC1.Cl.Cl. The molecule has 1 saturated heterocycles. The lowest BCUT2D eigenvalue weighted by molar-refractivity contribution is -0.117. The average molecular weight is 394 g/mol. The quantitative estimate of drug-likeness (QED) is 0.668. The Balaban J connectivity index is 0.00000288. The Morgan fingerprint density at radius 1 is 1.20 bits per heavy atom. The zero-order valence-electron chi connectivity index (χ0n) is 15.1. The molecular formula is C18H30Cl2FN3O. The molecule has 1 aliphatic heterocycles. The maximum atomic E-state index is 13.5. The smallest absolute Gasteiger partial charge is 0.224 e. The molecule has 0 radical (unpaired) electrons. The van der Waals surface area contributed by atoms with Crippen molar-refractivity contribution in [1.82, 2.24) is 5.32 Å². The van der Waals surface area contributed by atoms with Gasteiger partial charge in [0.05, 0.1) is 11.4 Å². The summed E-state index contributed by atoms with van der Waals surface area (Å²) in [6.07, 6.45) is 2.71. The number of rotatable bonds is 6. The first kappa shape index (κ1) is 24.0. The standard InChI is InChI=1S/C18H28FN3O.2ClH/c1-12(2)21-16-5-4-15(19)11-17(16)22-18(23)10-13(3)14-6-8-20-9-7-14;;/h4-5,11-14,20-21H,6-10H2,1-3H3,(H,22,23);2*1H. The molecule has 144 valence electrons. The highest BCUT2D eigenvalue weighted by atomic mass is 35.5. The Labute approximate surface area is 162 Å². The van der Waals surface area contributed by atoms with Crippen LogP contribution in [0.15, 0.2) is 18.2 Å². The lowest BCUT2D eigenvalue weighted by Gasteiger charge is -2.28. The van der Waals surface area contributed by atoms with Crippen molar-refractivity contribution in [1.29, 1.82) is 0 Å². The average Bonchev–Trinajstić information content (AvgIpc) is 2.50. The monoisotopic (exact) mass is 393 g/mol. The van der Waals surface area contributed by atoms with E-state index in [0.29, 0.717) is 23.9 Å². The van der Waals surface area contributed by atoms with E-state index in [9.17, 15) is 9.18 Å². The van der Waals surface area contributed by atoms with E-state index in [-0.39, 0.29) is 42.6 Å². The minimum atomic E-state index is -0.346. The van der Waals surface area contributed by atoms with Crippen molar-refractivity contribution in [3.05, 3.63) is 24.0 Å². The Hall–Kier alpha value is -1.04. The summed E-state index contributed by atoms with van der Waals surface area (Å²) >= 11 is 0. The molecule has 3 N–H and O–H groups in total. The maximum absolute atomic E-state index is 13.5. The molecule has 0 spiro atoms. The molecule has 1 heterocycles. The number of amides is 1. The highest BCUT2D eigenvalue weighted by Crippen LogP contribution is 2.27. The summed E-state index contributed by atoms with van der Waals surface area (Å²) in [4.78, 5) is 12.3. The van der Waals surface area contributed by atoms with Crippen molar-refractivity contribution < 1.29 is 9.18 Å². The number of carbonyl (C=O) groups is 1. The number of anilines is 2. The van der Waals surface area contributed by atoms with Crippen LogP contribution in [0.3, 0.4) is 0 Å². The molecule has 0 aromatic heterocycles. The molecule has 25 heavy (non-hydrogen) atoms. The fourth-order valence-corrected chi connectivity index (χ4v) is 3.13. The van der Waals surface area contributed by atoms with Crippen LogP contribution in [-0.4, -0.2) is 25.0 Å². The highest BCUT2D eigenvalue weighted by molar-refractivity contribution is 5.94. The zero-order chi connectivity index (χ0) is 16.8. The van der Waals surface area contributed by atoms with E-state index >= 15 is 0 Å².